The Morgan fingerprint density at radius 3 is 2.47 bits per heavy atom. The average molecular weight is 214 g/mol. The van der Waals surface area contributed by atoms with Crippen LogP contribution in [0, 0.1) is 5.41 Å². The normalized spacial score (nSPS) is 20.1. The van der Waals surface area contributed by atoms with Crippen LogP contribution < -0.4 is 11.1 Å². The lowest BCUT2D eigenvalue weighted by Crippen LogP contribution is -2.45. The van der Waals surface area contributed by atoms with E-state index in [-0.39, 0.29) is 11.3 Å². The number of hydrogen-bond acceptors (Lipinski definition) is 3. The van der Waals surface area contributed by atoms with Gasteiger partial charge in [0.1, 0.15) is 6.04 Å². The molecule has 0 bridgehead atoms. The van der Waals surface area contributed by atoms with Gasteiger partial charge in [-0.05, 0) is 31.7 Å². The molecule has 5 nitrogen and oxygen atoms in total. The van der Waals surface area contributed by atoms with Crippen LogP contribution in [-0.4, -0.2) is 29.6 Å². The summed E-state index contributed by atoms with van der Waals surface area (Å²) in [6, 6.07) is -0.826. The van der Waals surface area contributed by atoms with E-state index in [9.17, 15) is 9.59 Å². The van der Waals surface area contributed by atoms with Gasteiger partial charge in [0, 0.05) is 6.42 Å². The number of nitrogens with two attached hydrogens (primary N) is 1. The Balaban J connectivity index is 2.38. The van der Waals surface area contributed by atoms with Gasteiger partial charge in [-0.1, -0.05) is 6.42 Å². The number of rotatable bonds is 5. The van der Waals surface area contributed by atoms with Crippen molar-refractivity contribution in [3.05, 3.63) is 0 Å². The second kappa shape index (κ2) is 4.61. The third-order valence-corrected chi connectivity index (χ3v) is 3.13. The summed E-state index contributed by atoms with van der Waals surface area (Å²) in [5.74, 6) is -1.23. The van der Waals surface area contributed by atoms with E-state index in [1.54, 1.807) is 0 Å². The van der Waals surface area contributed by atoms with Gasteiger partial charge in [-0.15, -0.1) is 0 Å². The zero-order valence-electron chi connectivity index (χ0n) is 8.95. The Morgan fingerprint density at radius 2 is 2.13 bits per heavy atom. The summed E-state index contributed by atoms with van der Waals surface area (Å²) in [6.07, 6.45) is 3.40. The van der Waals surface area contributed by atoms with Crippen LogP contribution in [0.4, 0.5) is 0 Å². The fourth-order valence-electron chi connectivity index (χ4n) is 1.82. The summed E-state index contributed by atoms with van der Waals surface area (Å²) in [7, 11) is 0. The number of hydrogen-bond donors (Lipinski definition) is 3. The summed E-state index contributed by atoms with van der Waals surface area (Å²) < 4.78 is 0. The molecular formula is C10H18N2O3. The van der Waals surface area contributed by atoms with Gasteiger partial charge in [-0.25, -0.2) is 0 Å². The third-order valence-electron chi connectivity index (χ3n) is 3.13. The molecule has 0 aliphatic heterocycles. The Morgan fingerprint density at radius 1 is 1.53 bits per heavy atom. The predicted molar refractivity (Wildman–Crippen MR) is 55.2 cm³/mol. The van der Waals surface area contributed by atoms with Gasteiger partial charge in [-0.2, -0.15) is 0 Å². The molecule has 0 aromatic carbocycles. The second-order valence-electron chi connectivity index (χ2n) is 4.36. The van der Waals surface area contributed by atoms with Crippen LogP contribution in [-0.2, 0) is 9.59 Å². The predicted octanol–water partition coefficient (Wildman–Crippen LogP) is 0.0948. The standard InChI is InChI=1S/C10H18N2O3/c1-7(9(14)15)12-8(13)5-10(6-11)3-2-4-10/h7H,2-6,11H2,1H3,(H,12,13)(H,14,15)/t7-/m0/s1. The van der Waals surface area contributed by atoms with Crippen molar-refractivity contribution in [1.82, 2.24) is 5.32 Å². The lowest BCUT2D eigenvalue weighted by molar-refractivity contribution is -0.141. The quantitative estimate of drug-likeness (QED) is 0.605. The number of carbonyl (C=O) groups excluding carboxylic acids is 1. The first-order valence-corrected chi connectivity index (χ1v) is 5.21. The minimum absolute atomic E-state index is 0.0672. The highest BCUT2D eigenvalue weighted by Crippen LogP contribution is 2.42. The molecule has 86 valence electrons. The maximum atomic E-state index is 11.5. The van der Waals surface area contributed by atoms with Crippen molar-refractivity contribution < 1.29 is 14.7 Å². The summed E-state index contributed by atoms with van der Waals surface area (Å²) in [4.78, 5) is 22.0. The van der Waals surface area contributed by atoms with Crippen molar-refractivity contribution in [3.8, 4) is 0 Å². The zero-order chi connectivity index (χ0) is 11.5. The van der Waals surface area contributed by atoms with Crippen molar-refractivity contribution in [1.29, 1.82) is 0 Å². The van der Waals surface area contributed by atoms with Crippen LogP contribution in [0.25, 0.3) is 0 Å². The summed E-state index contributed by atoms with van der Waals surface area (Å²) in [5.41, 5.74) is 5.54. The maximum Gasteiger partial charge on any atom is 0.325 e. The summed E-state index contributed by atoms with van der Waals surface area (Å²) >= 11 is 0. The molecule has 1 aliphatic rings. The molecular weight excluding hydrogens is 196 g/mol. The number of aliphatic carboxylic acids is 1. The Labute approximate surface area is 89.0 Å². The number of carboxylic acid groups (broad SMARTS) is 1. The lowest BCUT2D eigenvalue weighted by Gasteiger charge is -2.40. The smallest absolute Gasteiger partial charge is 0.325 e. The zero-order valence-corrected chi connectivity index (χ0v) is 8.95. The Kier molecular flexibility index (Phi) is 3.68. The molecule has 1 saturated carbocycles. The van der Waals surface area contributed by atoms with E-state index in [2.05, 4.69) is 5.32 Å². The first-order chi connectivity index (χ1) is 6.99. The van der Waals surface area contributed by atoms with Crippen molar-refractivity contribution in [2.45, 2.75) is 38.6 Å². The van der Waals surface area contributed by atoms with Crippen molar-refractivity contribution >= 4 is 11.9 Å². The highest BCUT2D eigenvalue weighted by atomic mass is 16.4. The molecule has 1 atom stereocenters. The topological polar surface area (TPSA) is 92.4 Å². The number of carbonyl (C=O) groups is 2. The largest absolute Gasteiger partial charge is 0.480 e. The van der Waals surface area contributed by atoms with E-state index in [0.29, 0.717) is 13.0 Å². The monoisotopic (exact) mass is 214 g/mol. The van der Waals surface area contributed by atoms with E-state index in [1.807, 2.05) is 0 Å². The molecule has 0 aromatic heterocycles. The Bertz CT molecular complexity index is 256. The molecule has 5 heteroatoms. The van der Waals surface area contributed by atoms with Gasteiger partial charge >= 0.3 is 5.97 Å². The molecule has 0 saturated heterocycles. The van der Waals surface area contributed by atoms with Gasteiger partial charge in [-0.3, -0.25) is 9.59 Å². The van der Waals surface area contributed by atoms with Gasteiger partial charge in [0.2, 0.25) is 5.91 Å². The van der Waals surface area contributed by atoms with Crippen molar-refractivity contribution in [2.24, 2.45) is 11.1 Å². The molecule has 0 heterocycles. The third kappa shape index (κ3) is 2.92. The molecule has 1 fully saturated rings. The van der Waals surface area contributed by atoms with Gasteiger partial charge in [0.05, 0.1) is 0 Å². The molecule has 0 radical (unpaired) electrons. The molecule has 0 unspecified atom stereocenters. The second-order valence-corrected chi connectivity index (χ2v) is 4.36. The highest BCUT2D eigenvalue weighted by molar-refractivity contribution is 5.83. The first kappa shape index (κ1) is 12.0. The van der Waals surface area contributed by atoms with Crippen LogP contribution in [0.3, 0.4) is 0 Å². The van der Waals surface area contributed by atoms with Crippen LogP contribution in [0.1, 0.15) is 32.6 Å². The molecule has 4 N–H and O–H groups in total. The van der Waals surface area contributed by atoms with Crippen LogP contribution in [0.15, 0.2) is 0 Å². The molecule has 1 amide bonds. The molecule has 1 aliphatic carbocycles. The van der Waals surface area contributed by atoms with Crippen LogP contribution in [0.2, 0.25) is 0 Å². The van der Waals surface area contributed by atoms with Gasteiger partial charge in [0.25, 0.3) is 0 Å². The van der Waals surface area contributed by atoms with E-state index >= 15 is 0 Å². The number of carboxylic acids is 1. The summed E-state index contributed by atoms with van der Waals surface area (Å²) in [6.45, 7) is 1.96. The van der Waals surface area contributed by atoms with E-state index in [1.165, 1.54) is 6.92 Å². The van der Waals surface area contributed by atoms with Crippen LogP contribution in [0.5, 0.6) is 0 Å². The minimum Gasteiger partial charge on any atom is -0.480 e. The van der Waals surface area contributed by atoms with E-state index < -0.39 is 12.0 Å². The summed E-state index contributed by atoms with van der Waals surface area (Å²) in [5, 5.41) is 11.1. The van der Waals surface area contributed by atoms with E-state index in [0.717, 1.165) is 19.3 Å². The van der Waals surface area contributed by atoms with Gasteiger partial charge < -0.3 is 16.2 Å². The fraction of sp³-hybridized carbons (Fsp3) is 0.800. The minimum atomic E-state index is -1.02. The molecule has 0 spiro atoms. The number of amides is 1. The maximum absolute atomic E-state index is 11.5. The Hall–Kier alpha value is -1.10. The molecule has 15 heavy (non-hydrogen) atoms. The molecule has 1 rings (SSSR count). The highest BCUT2D eigenvalue weighted by Gasteiger charge is 2.37. The fourth-order valence-corrected chi connectivity index (χ4v) is 1.82. The van der Waals surface area contributed by atoms with Gasteiger partial charge in [0.15, 0.2) is 0 Å². The van der Waals surface area contributed by atoms with Crippen molar-refractivity contribution in [2.75, 3.05) is 6.54 Å². The number of nitrogens with one attached hydrogen (secondary N) is 1. The average Bonchev–Trinajstić information content (AvgIpc) is 2.11. The molecule has 0 aromatic rings. The first-order valence-electron chi connectivity index (χ1n) is 5.21. The van der Waals surface area contributed by atoms with Crippen LogP contribution >= 0.6 is 0 Å². The van der Waals surface area contributed by atoms with Crippen molar-refractivity contribution in [3.63, 3.8) is 0 Å². The van der Waals surface area contributed by atoms with E-state index in [4.69, 9.17) is 10.8 Å². The lowest BCUT2D eigenvalue weighted by atomic mass is 9.66. The SMILES string of the molecule is C[C@H](NC(=O)CC1(CN)CCC1)C(=O)O.